The fraction of sp³-hybridized carbons (Fsp3) is 0.154. The second-order valence-electron chi connectivity index (χ2n) is 7.54. The molecule has 0 saturated heterocycles. The van der Waals surface area contributed by atoms with E-state index in [1.54, 1.807) is 6.07 Å². The Kier molecular flexibility index (Phi) is 6.42. The Morgan fingerprint density at radius 2 is 1.66 bits per heavy atom. The molecular weight excluding hydrogens is 405 g/mol. The highest BCUT2D eigenvalue weighted by Crippen LogP contribution is 2.34. The van der Waals surface area contributed by atoms with Gasteiger partial charge in [0.05, 0.1) is 23.0 Å². The van der Waals surface area contributed by atoms with Gasteiger partial charge in [-0.3, -0.25) is 0 Å². The summed E-state index contributed by atoms with van der Waals surface area (Å²) >= 11 is 0. The first-order valence-corrected chi connectivity index (χ1v) is 10.5. The normalized spacial score (nSPS) is 11.8. The summed E-state index contributed by atoms with van der Waals surface area (Å²) in [7, 11) is 0. The van der Waals surface area contributed by atoms with E-state index in [2.05, 4.69) is 10.6 Å². The third kappa shape index (κ3) is 4.76. The van der Waals surface area contributed by atoms with E-state index in [1.807, 2.05) is 73.7 Å². The van der Waals surface area contributed by atoms with Crippen molar-refractivity contribution in [1.82, 2.24) is 10.3 Å². The molecule has 162 valence electrons. The van der Waals surface area contributed by atoms with Gasteiger partial charge >= 0.3 is 6.03 Å². The van der Waals surface area contributed by atoms with Crippen molar-refractivity contribution >= 4 is 22.6 Å². The van der Waals surface area contributed by atoms with Crippen LogP contribution in [0, 0.1) is 5.82 Å². The van der Waals surface area contributed by atoms with Gasteiger partial charge in [0.25, 0.3) is 0 Å². The number of aromatic nitrogens is 1. The number of rotatable bonds is 6. The maximum Gasteiger partial charge on any atom is 0.319 e. The van der Waals surface area contributed by atoms with E-state index in [4.69, 9.17) is 4.98 Å². The van der Waals surface area contributed by atoms with Crippen LogP contribution in [-0.4, -0.2) is 28.8 Å². The van der Waals surface area contributed by atoms with Crippen molar-refractivity contribution in [3.63, 3.8) is 0 Å². The topological polar surface area (TPSA) is 74.2 Å². The Bertz CT molecular complexity index is 1230. The average molecular weight is 429 g/mol. The Morgan fingerprint density at radius 3 is 2.31 bits per heavy atom. The number of pyridine rings is 1. The molecule has 0 unspecified atom stereocenters. The molecule has 4 aromatic rings. The third-order valence-corrected chi connectivity index (χ3v) is 5.25. The number of halogens is 1. The SMILES string of the molecule is CC[C@@H](O)CNC(=O)Nc1cc2cc(-c3ccccc3)c(-c3ccccc3)nc2cc1F. The molecule has 6 heteroatoms. The summed E-state index contributed by atoms with van der Waals surface area (Å²) in [5, 5.41) is 15.4. The summed E-state index contributed by atoms with van der Waals surface area (Å²) in [6.07, 6.45) is -0.126. The minimum atomic E-state index is -0.642. The molecule has 3 aromatic carbocycles. The summed E-state index contributed by atoms with van der Waals surface area (Å²) in [6, 6.07) is 23.9. The number of amides is 2. The molecule has 5 nitrogen and oxygen atoms in total. The molecule has 0 aliphatic heterocycles. The monoisotopic (exact) mass is 429 g/mol. The van der Waals surface area contributed by atoms with Crippen molar-refractivity contribution in [2.24, 2.45) is 0 Å². The van der Waals surface area contributed by atoms with Crippen LogP contribution in [0.15, 0.2) is 78.9 Å². The van der Waals surface area contributed by atoms with Crippen LogP contribution in [0.5, 0.6) is 0 Å². The summed E-state index contributed by atoms with van der Waals surface area (Å²) in [4.78, 5) is 16.9. The minimum Gasteiger partial charge on any atom is -0.391 e. The Morgan fingerprint density at radius 1 is 1.00 bits per heavy atom. The van der Waals surface area contributed by atoms with Crippen molar-refractivity contribution < 1.29 is 14.3 Å². The quantitative estimate of drug-likeness (QED) is 0.373. The minimum absolute atomic E-state index is 0.0502. The van der Waals surface area contributed by atoms with Gasteiger partial charge in [0.2, 0.25) is 0 Å². The van der Waals surface area contributed by atoms with Crippen LogP contribution in [0.25, 0.3) is 33.3 Å². The van der Waals surface area contributed by atoms with E-state index in [0.29, 0.717) is 17.3 Å². The first-order chi connectivity index (χ1) is 15.5. The predicted molar refractivity (Wildman–Crippen MR) is 126 cm³/mol. The molecule has 4 rings (SSSR count). The number of benzene rings is 3. The van der Waals surface area contributed by atoms with Gasteiger partial charge in [0, 0.05) is 29.1 Å². The maximum absolute atomic E-state index is 14.8. The van der Waals surface area contributed by atoms with Crippen molar-refractivity contribution in [2.75, 3.05) is 11.9 Å². The van der Waals surface area contributed by atoms with Gasteiger partial charge in [0.1, 0.15) is 5.82 Å². The highest BCUT2D eigenvalue weighted by atomic mass is 19.1. The van der Waals surface area contributed by atoms with Gasteiger partial charge in [-0.05, 0) is 24.1 Å². The van der Waals surface area contributed by atoms with Crippen LogP contribution in [0.3, 0.4) is 0 Å². The largest absolute Gasteiger partial charge is 0.391 e. The molecule has 1 aromatic heterocycles. The molecule has 1 atom stereocenters. The number of aliphatic hydroxyl groups is 1. The number of carbonyl (C=O) groups excluding carboxylic acids is 1. The number of hydrogen-bond acceptors (Lipinski definition) is 3. The molecule has 0 bridgehead atoms. The maximum atomic E-state index is 14.8. The van der Waals surface area contributed by atoms with Crippen LogP contribution in [-0.2, 0) is 0 Å². The molecule has 0 aliphatic rings. The molecule has 0 fully saturated rings. The predicted octanol–water partition coefficient (Wildman–Crippen LogP) is 5.60. The average Bonchev–Trinajstić information content (AvgIpc) is 2.83. The van der Waals surface area contributed by atoms with E-state index in [-0.39, 0.29) is 12.2 Å². The number of hydrogen-bond donors (Lipinski definition) is 3. The fourth-order valence-corrected chi connectivity index (χ4v) is 3.47. The van der Waals surface area contributed by atoms with Crippen LogP contribution in [0.2, 0.25) is 0 Å². The van der Waals surface area contributed by atoms with E-state index in [9.17, 15) is 14.3 Å². The zero-order valence-electron chi connectivity index (χ0n) is 17.7. The Labute approximate surface area is 185 Å². The van der Waals surface area contributed by atoms with Gasteiger partial charge in [-0.15, -0.1) is 0 Å². The van der Waals surface area contributed by atoms with E-state index in [0.717, 1.165) is 22.4 Å². The lowest BCUT2D eigenvalue weighted by atomic mass is 9.97. The molecule has 0 radical (unpaired) electrons. The van der Waals surface area contributed by atoms with Crippen LogP contribution < -0.4 is 10.6 Å². The van der Waals surface area contributed by atoms with Crippen molar-refractivity contribution in [3.05, 3.63) is 84.7 Å². The first-order valence-electron chi connectivity index (χ1n) is 10.5. The number of urea groups is 1. The van der Waals surface area contributed by atoms with E-state index in [1.165, 1.54) is 6.07 Å². The fourth-order valence-electron chi connectivity index (χ4n) is 3.47. The molecule has 2 amide bonds. The smallest absolute Gasteiger partial charge is 0.319 e. The Hall–Kier alpha value is -3.77. The van der Waals surface area contributed by atoms with Gasteiger partial charge in [-0.1, -0.05) is 67.6 Å². The van der Waals surface area contributed by atoms with Crippen LogP contribution in [0.4, 0.5) is 14.9 Å². The number of carbonyl (C=O) groups is 1. The third-order valence-electron chi connectivity index (χ3n) is 5.25. The number of nitrogens with one attached hydrogen (secondary N) is 2. The van der Waals surface area contributed by atoms with Crippen molar-refractivity contribution in [3.8, 4) is 22.4 Å². The van der Waals surface area contributed by atoms with E-state index >= 15 is 0 Å². The Balaban J connectivity index is 1.75. The van der Waals surface area contributed by atoms with Gasteiger partial charge < -0.3 is 15.7 Å². The van der Waals surface area contributed by atoms with Crippen molar-refractivity contribution in [2.45, 2.75) is 19.4 Å². The molecule has 3 N–H and O–H groups in total. The van der Waals surface area contributed by atoms with Crippen molar-refractivity contribution in [1.29, 1.82) is 0 Å². The summed E-state index contributed by atoms with van der Waals surface area (Å²) < 4.78 is 14.8. The van der Waals surface area contributed by atoms with Crippen LogP contribution >= 0.6 is 0 Å². The number of nitrogens with zero attached hydrogens (tertiary/aromatic N) is 1. The van der Waals surface area contributed by atoms with Crippen LogP contribution in [0.1, 0.15) is 13.3 Å². The second kappa shape index (κ2) is 9.58. The molecule has 0 spiro atoms. The molecule has 32 heavy (non-hydrogen) atoms. The molecule has 1 heterocycles. The zero-order valence-corrected chi connectivity index (χ0v) is 17.7. The summed E-state index contributed by atoms with van der Waals surface area (Å²) in [5.74, 6) is -0.581. The lowest BCUT2D eigenvalue weighted by Crippen LogP contribution is -2.35. The zero-order chi connectivity index (χ0) is 22.5. The highest BCUT2D eigenvalue weighted by molar-refractivity contribution is 5.96. The highest BCUT2D eigenvalue weighted by Gasteiger charge is 2.15. The summed E-state index contributed by atoms with van der Waals surface area (Å²) in [5.41, 5.74) is 4.14. The number of fused-ring (bicyclic) bond motifs is 1. The van der Waals surface area contributed by atoms with Gasteiger partial charge in [0.15, 0.2) is 0 Å². The standard InChI is InChI=1S/C26H24FN3O2/c1-2-20(31)16-28-26(32)30-24-14-19-13-21(17-9-5-3-6-10-17)25(18-11-7-4-8-12-18)29-23(19)15-22(24)27/h3-15,20,31H,2,16H2,1H3,(H2,28,30,32)/t20-/m1/s1. The second-order valence-corrected chi connectivity index (χ2v) is 7.54. The van der Waals surface area contributed by atoms with Gasteiger partial charge in [-0.2, -0.15) is 0 Å². The number of anilines is 1. The van der Waals surface area contributed by atoms with Gasteiger partial charge in [-0.25, -0.2) is 14.2 Å². The lowest BCUT2D eigenvalue weighted by molar-refractivity contribution is 0.168. The summed E-state index contributed by atoms with van der Waals surface area (Å²) in [6.45, 7) is 1.91. The molecule has 0 saturated carbocycles. The first kappa shape index (κ1) is 21.5. The van der Waals surface area contributed by atoms with E-state index < -0.39 is 18.0 Å². The molecule has 0 aliphatic carbocycles. The molecular formula is C26H24FN3O2. The number of aliphatic hydroxyl groups excluding tert-OH is 1. The lowest BCUT2D eigenvalue weighted by Gasteiger charge is -2.14.